The number of benzene rings is 1. The lowest BCUT2D eigenvalue weighted by molar-refractivity contribution is -0.0216. The quantitative estimate of drug-likeness (QED) is 0.359. The van der Waals surface area contributed by atoms with E-state index in [0.717, 1.165) is 18.5 Å². The van der Waals surface area contributed by atoms with E-state index in [1.54, 1.807) is 24.8 Å². The molecule has 4 nitrogen and oxygen atoms in total. The van der Waals surface area contributed by atoms with Gasteiger partial charge in [0.05, 0.1) is 16.5 Å². The molecule has 2 aliphatic rings. The molecule has 3 atom stereocenters. The molecule has 190 valence electrons. The maximum Gasteiger partial charge on any atom is 0.271 e. The molecule has 0 bridgehead atoms. The summed E-state index contributed by atoms with van der Waals surface area (Å²) in [6.45, 7) is 6.80. The Bertz CT molecular complexity index is 920. The number of hydrogen-bond donors (Lipinski definition) is 1. The molecule has 1 fully saturated rings. The third kappa shape index (κ3) is 5.23. The second kappa shape index (κ2) is 10.4. The van der Waals surface area contributed by atoms with Crippen LogP contribution in [0.1, 0.15) is 62.4 Å². The van der Waals surface area contributed by atoms with Crippen molar-refractivity contribution >= 4 is 17.5 Å². The normalized spacial score (nSPS) is 24.2. The number of nitrogens with zero attached hydrogens (tertiary/aromatic N) is 2. The molecule has 34 heavy (non-hydrogen) atoms. The van der Waals surface area contributed by atoms with E-state index in [4.69, 9.17) is 11.6 Å². The smallest absolute Gasteiger partial charge is 0.271 e. The second-order valence-electron chi connectivity index (χ2n) is 9.74. The Hall–Kier alpha value is -1.80. The fourth-order valence-corrected chi connectivity index (χ4v) is 5.49. The van der Waals surface area contributed by atoms with Crippen LogP contribution in [0.25, 0.3) is 0 Å². The summed E-state index contributed by atoms with van der Waals surface area (Å²) in [5, 5.41) is 2.86. The number of carbonyl (C=O) groups excluding carboxylic acids is 1. The Morgan fingerprint density at radius 1 is 1.26 bits per heavy atom. The second-order valence-corrected chi connectivity index (χ2v) is 10.7. The van der Waals surface area contributed by atoms with Gasteiger partial charge in [-0.3, -0.25) is 9.69 Å². The molecule has 9 heteroatoms. The number of halogens is 5. The van der Waals surface area contributed by atoms with E-state index in [0.29, 0.717) is 31.6 Å². The van der Waals surface area contributed by atoms with Crippen molar-refractivity contribution in [1.82, 2.24) is 15.1 Å². The van der Waals surface area contributed by atoms with Crippen molar-refractivity contribution in [1.29, 1.82) is 0 Å². The molecule has 1 aromatic rings. The van der Waals surface area contributed by atoms with Crippen molar-refractivity contribution in [3.8, 4) is 0 Å². The first-order chi connectivity index (χ1) is 15.9. The first kappa shape index (κ1) is 26.8. The molecule has 0 spiro atoms. The predicted octanol–water partition coefficient (Wildman–Crippen LogP) is 5.47. The van der Waals surface area contributed by atoms with Crippen LogP contribution in [-0.2, 0) is 4.87 Å². The number of amides is 1. The molecular weight excluding hydrogens is 470 g/mol. The van der Waals surface area contributed by atoms with Crippen LogP contribution in [0.2, 0.25) is 0 Å². The summed E-state index contributed by atoms with van der Waals surface area (Å²) in [7, 11) is 1.98. The maximum atomic E-state index is 14.5. The van der Waals surface area contributed by atoms with Crippen LogP contribution in [-0.4, -0.2) is 66.6 Å². The van der Waals surface area contributed by atoms with Gasteiger partial charge in [0.2, 0.25) is 0 Å². The van der Waals surface area contributed by atoms with Crippen molar-refractivity contribution in [2.75, 3.05) is 26.7 Å². The fourth-order valence-electron chi connectivity index (χ4n) is 5.34. The van der Waals surface area contributed by atoms with Gasteiger partial charge in [0.1, 0.15) is 5.82 Å². The molecule has 0 aliphatic carbocycles. The van der Waals surface area contributed by atoms with E-state index in [-0.39, 0.29) is 12.0 Å². The Balaban J connectivity index is 1.73. The summed E-state index contributed by atoms with van der Waals surface area (Å²) in [5.74, 6) is -0.945. The minimum atomic E-state index is -3.02. The van der Waals surface area contributed by atoms with E-state index in [1.165, 1.54) is 12.1 Å². The monoisotopic (exact) mass is 503 g/mol. The zero-order valence-electron chi connectivity index (χ0n) is 20.2. The van der Waals surface area contributed by atoms with Crippen LogP contribution in [0.4, 0.5) is 17.6 Å². The number of fused-ring (bicyclic) bond motifs is 1. The Morgan fingerprint density at radius 3 is 2.56 bits per heavy atom. The van der Waals surface area contributed by atoms with Gasteiger partial charge in [0.15, 0.2) is 6.17 Å². The summed E-state index contributed by atoms with van der Waals surface area (Å²) < 4.78 is 55.0. The fraction of sp³-hybridized carbons (Fsp3) is 0.640. The zero-order chi connectivity index (χ0) is 25.3. The summed E-state index contributed by atoms with van der Waals surface area (Å²) >= 11 is 6.20. The first-order valence-electron chi connectivity index (χ1n) is 11.8. The van der Waals surface area contributed by atoms with Gasteiger partial charge in [0.25, 0.3) is 12.3 Å². The van der Waals surface area contributed by atoms with Gasteiger partial charge in [-0.25, -0.2) is 17.6 Å². The van der Waals surface area contributed by atoms with Crippen LogP contribution in [0.5, 0.6) is 0 Å². The lowest BCUT2D eigenvalue weighted by atomic mass is 9.82. The van der Waals surface area contributed by atoms with Gasteiger partial charge in [-0.2, -0.15) is 0 Å². The largest absolute Gasteiger partial charge is 0.366 e. The van der Waals surface area contributed by atoms with Crippen molar-refractivity contribution < 1.29 is 22.4 Å². The Morgan fingerprint density at radius 2 is 1.97 bits per heavy atom. The predicted molar refractivity (Wildman–Crippen MR) is 127 cm³/mol. The number of rotatable bonds is 9. The molecule has 1 saturated heterocycles. The van der Waals surface area contributed by atoms with Crippen molar-refractivity contribution in [3.63, 3.8) is 0 Å². The molecule has 0 saturated carbocycles. The SMILES string of the molecule is CCC[C@]1(CCNC(=O)c2ccc(C(C)(C)Cl)c(F)c2)C2=CCC(C(F)C(F)F)N2CCN1C. The number of piperazine rings is 1. The van der Waals surface area contributed by atoms with E-state index < -0.39 is 40.8 Å². The lowest BCUT2D eigenvalue weighted by Crippen LogP contribution is -2.61. The van der Waals surface area contributed by atoms with Crippen molar-refractivity contribution in [2.45, 2.75) is 75.5 Å². The Kier molecular flexibility index (Phi) is 8.23. The van der Waals surface area contributed by atoms with Crippen LogP contribution in [0, 0.1) is 5.82 Å². The summed E-state index contributed by atoms with van der Waals surface area (Å²) in [4.78, 5) is 15.8. The van der Waals surface area contributed by atoms with Crippen LogP contribution < -0.4 is 5.32 Å². The molecule has 0 aromatic heterocycles. The molecular formula is C25H34ClF4N3O. The van der Waals surface area contributed by atoms with E-state index in [1.807, 2.05) is 20.0 Å². The first-order valence-corrected chi connectivity index (χ1v) is 12.2. The summed E-state index contributed by atoms with van der Waals surface area (Å²) in [6, 6.07) is 3.38. The van der Waals surface area contributed by atoms with E-state index in [2.05, 4.69) is 10.2 Å². The third-order valence-corrected chi connectivity index (χ3v) is 7.32. The number of likely N-dealkylation sites (N-methyl/N-ethyl adjacent to an activating group) is 1. The van der Waals surface area contributed by atoms with Crippen molar-refractivity contribution in [3.05, 3.63) is 46.9 Å². The zero-order valence-corrected chi connectivity index (χ0v) is 20.9. The molecule has 2 aliphatic heterocycles. The Labute approximate surface area is 204 Å². The van der Waals surface area contributed by atoms with Crippen molar-refractivity contribution in [2.24, 2.45) is 0 Å². The molecule has 2 unspecified atom stereocenters. The highest BCUT2D eigenvalue weighted by Crippen LogP contribution is 2.43. The average molecular weight is 504 g/mol. The summed E-state index contributed by atoms with van der Waals surface area (Å²) in [5.41, 5.74) is 0.886. The lowest BCUT2D eigenvalue weighted by Gasteiger charge is -2.52. The minimum Gasteiger partial charge on any atom is -0.366 e. The maximum absolute atomic E-state index is 14.5. The molecule has 2 heterocycles. The average Bonchev–Trinajstić information content (AvgIpc) is 3.19. The number of alkyl halides is 4. The van der Waals surface area contributed by atoms with Gasteiger partial charge in [-0.15, -0.1) is 11.6 Å². The number of nitrogens with one attached hydrogen (secondary N) is 1. The third-order valence-electron chi connectivity index (χ3n) is 7.11. The highest BCUT2D eigenvalue weighted by molar-refractivity contribution is 6.23. The molecule has 3 rings (SSSR count). The molecule has 1 aromatic carbocycles. The van der Waals surface area contributed by atoms with Crippen LogP contribution >= 0.6 is 11.6 Å². The molecule has 0 radical (unpaired) electrons. The number of hydrogen-bond acceptors (Lipinski definition) is 3. The highest BCUT2D eigenvalue weighted by Gasteiger charge is 2.49. The van der Waals surface area contributed by atoms with Gasteiger partial charge < -0.3 is 10.2 Å². The highest BCUT2D eigenvalue weighted by atomic mass is 35.5. The molecule has 1 amide bonds. The van der Waals surface area contributed by atoms with Gasteiger partial charge in [-0.1, -0.05) is 25.5 Å². The van der Waals surface area contributed by atoms with Gasteiger partial charge in [0, 0.05) is 36.5 Å². The van der Waals surface area contributed by atoms with E-state index in [9.17, 15) is 22.4 Å². The number of carbonyl (C=O) groups is 1. The van der Waals surface area contributed by atoms with Gasteiger partial charge >= 0.3 is 0 Å². The minimum absolute atomic E-state index is 0.197. The standard InChI is InChI=1S/C25H34ClF4N3O/c1-5-10-25(20-9-8-19(21(28)22(29)30)33(20)14-13-32(25)4)11-12-31-23(34)16-6-7-17(18(27)15-16)24(2,3)26/h6-7,9,15,19,21-22H,5,8,10-14H2,1-4H3,(H,31,34)/t19?,21?,25-/m0/s1. The van der Waals surface area contributed by atoms with E-state index >= 15 is 0 Å². The van der Waals surface area contributed by atoms with Gasteiger partial charge in [-0.05, 0) is 52.3 Å². The summed E-state index contributed by atoms with van der Waals surface area (Å²) in [6.07, 6.45) is -0.986. The van der Waals surface area contributed by atoms with Crippen LogP contribution in [0.15, 0.2) is 30.0 Å². The van der Waals surface area contributed by atoms with Crippen LogP contribution in [0.3, 0.4) is 0 Å². The molecule has 1 N–H and O–H groups in total. The topological polar surface area (TPSA) is 35.6 Å².